The molecule has 0 unspecified atom stereocenters. The van der Waals surface area contributed by atoms with Crippen LogP contribution in [0.25, 0.3) is 0 Å². The molecule has 2 rings (SSSR count). The number of rotatable bonds is 4. The lowest BCUT2D eigenvalue weighted by molar-refractivity contribution is 0.102. The molecule has 0 aliphatic carbocycles. The monoisotopic (exact) mass is 294 g/mol. The van der Waals surface area contributed by atoms with Crippen molar-refractivity contribution in [1.29, 1.82) is 0 Å². The summed E-state index contributed by atoms with van der Waals surface area (Å²) in [4.78, 5) is 11.9. The Bertz CT molecular complexity index is 719. The molecule has 0 bridgehead atoms. The fourth-order valence-electron chi connectivity index (χ4n) is 1.57. The zero-order valence-electron chi connectivity index (χ0n) is 11.0. The first-order chi connectivity index (χ1) is 9.33. The van der Waals surface area contributed by atoms with Crippen molar-refractivity contribution in [3.63, 3.8) is 0 Å². The first kappa shape index (κ1) is 14.1. The van der Waals surface area contributed by atoms with Gasteiger partial charge in [0.05, 0.1) is 6.26 Å². The van der Waals surface area contributed by atoms with Crippen LogP contribution in [0.15, 0.2) is 36.5 Å². The number of amides is 1. The maximum atomic E-state index is 11.9. The Morgan fingerprint density at radius 2 is 1.85 bits per heavy atom. The predicted molar refractivity (Wildman–Crippen MR) is 76.1 cm³/mol. The molecule has 0 saturated heterocycles. The van der Waals surface area contributed by atoms with E-state index in [0.717, 1.165) is 6.26 Å². The lowest BCUT2D eigenvalue weighted by atomic mass is 10.2. The maximum Gasteiger partial charge on any atom is 0.256 e. The Morgan fingerprint density at radius 3 is 2.35 bits per heavy atom. The highest BCUT2D eigenvalue weighted by molar-refractivity contribution is 7.92. The van der Waals surface area contributed by atoms with E-state index < -0.39 is 10.0 Å². The van der Waals surface area contributed by atoms with Gasteiger partial charge in [0.2, 0.25) is 10.0 Å². The number of benzene rings is 1. The SMILES string of the molecule is Cn1ccc(NC(=O)c2ccc(NS(C)(=O)=O)cc2)n1. The van der Waals surface area contributed by atoms with Crippen molar-refractivity contribution < 1.29 is 13.2 Å². The van der Waals surface area contributed by atoms with Crippen LogP contribution in [0, 0.1) is 0 Å². The second kappa shape index (κ2) is 5.33. The number of anilines is 2. The van der Waals surface area contributed by atoms with Gasteiger partial charge < -0.3 is 5.32 Å². The van der Waals surface area contributed by atoms with Crippen LogP contribution in [0.5, 0.6) is 0 Å². The Kier molecular flexibility index (Phi) is 3.75. The quantitative estimate of drug-likeness (QED) is 0.881. The molecule has 0 radical (unpaired) electrons. The third kappa shape index (κ3) is 3.82. The van der Waals surface area contributed by atoms with Crippen LogP contribution in [-0.2, 0) is 17.1 Å². The van der Waals surface area contributed by atoms with Crippen LogP contribution in [0.4, 0.5) is 11.5 Å². The average molecular weight is 294 g/mol. The molecular formula is C12H14N4O3S. The highest BCUT2D eigenvalue weighted by atomic mass is 32.2. The van der Waals surface area contributed by atoms with Gasteiger partial charge in [-0.1, -0.05) is 0 Å². The molecule has 0 spiro atoms. The summed E-state index contributed by atoms with van der Waals surface area (Å²) >= 11 is 0. The summed E-state index contributed by atoms with van der Waals surface area (Å²) in [6.45, 7) is 0. The van der Waals surface area contributed by atoms with E-state index in [-0.39, 0.29) is 5.91 Å². The molecule has 106 valence electrons. The van der Waals surface area contributed by atoms with Crippen molar-refractivity contribution in [3.8, 4) is 0 Å². The number of carbonyl (C=O) groups is 1. The van der Waals surface area contributed by atoms with E-state index in [1.54, 1.807) is 24.0 Å². The lowest BCUT2D eigenvalue weighted by Gasteiger charge is -2.05. The molecule has 0 saturated carbocycles. The second-order valence-electron chi connectivity index (χ2n) is 4.28. The van der Waals surface area contributed by atoms with Gasteiger partial charge in [-0.25, -0.2) is 8.42 Å². The molecule has 2 aromatic rings. The van der Waals surface area contributed by atoms with Gasteiger partial charge in [-0.05, 0) is 24.3 Å². The van der Waals surface area contributed by atoms with Crippen LogP contribution in [0.3, 0.4) is 0 Å². The Hall–Kier alpha value is -2.35. The average Bonchev–Trinajstić information content (AvgIpc) is 2.73. The van der Waals surface area contributed by atoms with E-state index >= 15 is 0 Å². The number of sulfonamides is 1. The largest absolute Gasteiger partial charge is 0.305 e. The summed E-state index contributed by atoms with van der Waals surface area (Å²) < 4.78 is 26.0. The molecule has 8 heteroatoms. The van der Waals surface area contributed by atoms with Crippen LogP contribution in [0.2, 0.25) is 0 Å². The zero-order valence-corrected chi connectivity index (χ0v) is 11.8. The van der Waals surface area contributed by atoms with Crippen LogP contribution >= 0.6 is 0 Å². The van der Waals surface area contributed by atoms with Crippen LogP contribution in [0.1, 0.15) is 10.4 Å². The van der Waals surface area contributed by atoms with E-state index in [2.05, 4.69) is 15.1 Å². The molecule has 20 heavy (non-hydrogen) atoms. The number of carbonyl (C=O) groups excluding carboxylic acids is 1. The molecule has 1 amide bonds. The summed E-state index contributed by atoms with van der Waals surface area (Å²) in [5.74, 6) is 0.144. The zero-order chi connectivity index (χ0) is 14.8. The number of nitrogens with one attached hydrogen (secondary N) is 2. The van der Waals surface area contributed by atoms with Crippen molar-refractivity contribution in [3.05, 3.63) is 42.1 Å². The van der Waals surface area contributed by atoms with Gasteiger partial charge in [-0.3, -0.25) is 14.2 Å². The van der Waals surface area contributed by atoms with E-state index in [0.29, 0.717) is 17.1 Å². The van der Waals surface area contributed by atoms with Crippen molar-refractivity contribution in [2.45, 2.75) is 0 Å². The normalized spacial score (nSPS) is 11.1. The Morgan fingerprint density at radius 1 is 1.20 bits per heavy atom. The molecule has 1 aromatic heterocycles. The number of aromatic nitrogens is 2. The topological polar surface area (TPSA) is 93.1 Å². The van der Waals surface area contributed by atoms with Gasteiger partial charge in [0.15, 0.2) is 5.82 Å². The summed E-state index contributed by atoms with van der Waals surface area (Å²) in [6.07, 6.45) is 2.78. The molecule has 7 nitrogen and oxygen atoms in total. The van der Waals surface area contributed by atoms with Gasteiger partial charge >= 0.3 is 0 Å². The van der Waals surface area contributed by atoms with Crippen LogP contribution in [-0.4, -0.2) is 30.4 Å². The maximum absolute atomic E-state index is 11.9. The smallest absolute Gasteiger partial charge is 0.256 e. The summed E-state index contributed by atoms with van der Waals surface area (Å²) in [6, 6.07) is 7.79. The van der Waals surface area contributed by atoms with Crippen LogP contribution < -0.4 is 10.0 Å². The van der Waals surface area contributed by atoms with Gasteiger partial charge in [-0.2, -0.15) is 5.10 Å². The first-order valence-electron chi connectivity index (χ1n) is 5.72. The highest BCUT2D eigenvalue weighted by Crippen LogP contribution is 2.12. The second-order valence-corrected chi connectivity index (χ2v) is 6.03. The Balaban J connectivity index is 2.07. The Labute approximate surface area is 116 Å². The van der Waals surface area contributed by atoms with Crippen molar-refractivity contribution >= 4 is 27.4 Å². The van der Waals surface area contributed by atoms with Crippen molar-refractivity contribution in [1.82, 2.24) is 9.78 Å². The third-order valence-electron chi connectivity index (χ3n) is 2.41. The van der Waals surface area contributed by atoms with Crippen molar-refractivity contribution in [2.24, 2.45) is 7.05 Å². The van der Waals surface area contributed by atoms with Gasteiger partial charge in [0.25, 0.3) is 5.91 Å². The predicted octanol–water partition coefficient (Wildman–Crippen LogP) is 1.04. The van der Waals surface area contributed by atoms with E-state index in [1.807, 2.05) is 0 Å². The van der Waals surface area contributed by atoms with Crippen molar-refractivity contribution in [2.75, 3.05) is 16.3 Å². The molecule has 0 atom stereocenters. The van der Waals surface area contributed by atoms with E-state index in [1.165, 1.54) is 24.3 Å². The molecule has 1 aromatic carbocycles. The fraction of sp³-hybridized carbons (Fsp3) is 0.167. The first-order valence-corrected chi connectivity index (χ1v) is 7.61. The molecule has 0 fully saturated rings. The minimum atomic E-state index is -3.32. The standard InChI is InChI=1S/C12H14N4O3S/c1-16-8-7-11(14-16)13-12(17)9-3-5-10(6-4-9)15-20(2,18)19/h3-8,15H,1-2H3,(H,13,14,17). The minimum absolute atomic E-state index is 0.311. The van der Waals surface area contributed by atoms with Gasteiger partial charge in [0, 0.05) is 30.6 Å². The number of nitrogens with zero attached hydrogens (tertiary/aromatic N) is 2. The fourth-order valence-corrected chi connectivity index (χ4v) is 2.14. The number of aryl methyl sites for hydroxylation is 1. The molecular weight excluding hydrogens is 280 g/mol. The van der Waals surface area contributed by atoms with E-state index in [4.69, 9.17) is 0 Å². The minimum Gasteiger partial charge on any atom is -0.305 e. The van der Waals surface area contributed by atoms with Gasteiger partial charge in [-0.15, -0.1) is 0 Å². The molecule has 2 N–H and O–H groups in total. The lowest BCUT2D eigenvalue weighted by Crippen LogP contribution is -2.13. The molecule has 0 aliphatic rings. The third-order valence-corrected chi connectivity index (χ3v) is 3.01. The summed E-state index contributed by atoms with van der Waals surface area (Å²) in [5.41, 5.74) is 0.816. The number of hydrogen-bond acceptors (Lipinski definition) is 4. The summed E-state index contributed by atoms with van der Waals surface area (Å²) in [5, 5.41) is 6.67. The molecule has 0 aliphatic heterocycles. The molecule has 1 heterocycles. The van der Waals surface area contributed by atoms with Gasteiger partial charge in [0.1, 0.15) is 0 Å². The number of hydrogen-bond donors (Lipinski definition) is 2. The highest BCUT2D eigenvalue weighted by Gasteiger charge is 2.08. The van der Waals surface area contributed by atoms with E-state index in [9.17, 15) is 13.2 Å². The summed E-state index contributed by atoms with van der Waals surface area (Å²) in [7, 11) is -1.57.